The maximum Gasteiger partial charge on any atom is 0.251 e. The lowest BCUT2D eigenvalue weighted by Crippen LogP contribution is -2.35. The second kappa shape index (κ2) is 10.3. The number of nitrogens with zero attached hydrogens (tertiary/aromatic N) is 1. The lowest BCUT2D eigenvalue weighted by atomic mass is 9.96. The zero-order valence-electron chi connectivity index (χ0n) is 17.3. The largest absolute Gasteiger partial charge is 0.349 e. The number of halogens is 1. The summed E-state index contributed by atoms with van der Waals surface area (Å²) in [5, 5.41) is 3.63. The van der Waals surface area contributed by atoms with Crippen molar-refractivity contribution in [3.8, 4) is 0 Å². The van der Waals surface area contributed by atoms with Crippen LogP contribution in [0.2, 0.25) is 5.02 Å². The van der Waals surface area contributed by atoms with Gasteiger partial charge in [-0.15, -0.1) is 0 Å². The highest BCUT2D eigenvalue weighted by molar-refractivity contribution is 7.92. The molecule has 0 aliphatic heterocycles. The Labute approximate surface area is 184 Å². The lowest BCUT2D eigenvalue weighted by Gasteiger charge is -2.23. The smallest absolute Gasteiger partial charge is 0.251 e. The van der Waals surface area contributed by atoms with Crippen LogP contribution < -0.4 is 9.62 Å². The van der Waals surface area contributed by atoms with E-state index < -0.39 is 10.0 Å². The lowest BCUT2D eigenvalue weighted by molar-refractivity contribution is 0.0930. The van der Waals surface area contributed by atoms with Crippen LogP contribution in [0, 0.1) is 0 Å². The van der Waals surface area contributed by atoms with Gasteiger partial charge in [0.1, 0.15) is 0 Å². The van der Waals surface area contributed by atoms with Gasteiger partial charge in [0.25, 0.3) is 5.91 Å². The number of hydrogen-bond acceptors (Lipinski definition) is 3. The van der Waals surface area contributed by atoms with Crippen molar-refractivity contribution in [1.29, 1.82) is 0 Å². The Kier molecular flexibility index (Phi) is 7.78. The molecule has 1 fully saturated rings. The van der Waals surface area contributed by atoms with Gasteiger partial charge in [-0.1, -0.05) is 61.9 Å². The second-order valence-corrected chi connectivity index (χ2v) is 10.3. The molecule has 1 saturated carbocycles. The van der Waals surface area contributed by atoms with Gasteiger partial charge >= 0.3 is 0 Å². The van der Waals surface area contributed by atoms with Gasteiger partial charge in [0.05, 0.1) is 18.5 Å². The van der Waals surface area contributed by atoms with Gasteiger partial charge in [0.2, 0.25) is 10.0 Å². The van der Waals surface area contributed by atoms with Gasteiger partial charge in [-0.3, -0.25) is 9.10 Å². The topological polar surface area (TPSA) is 66.5 Å². The highest BCUT2D eigenvalue weighted by atomic mass is 35.5. The van der Waals surface area contributed by atoms with Crippen molar-refractivity contribution in [3.05, 3.63) is 64.7 Å². The van der Waals surface area contributed by atoms with E-state index in [2.05, 4.69) is 5.32 Å². The number of hydrogen-bond donors (Lipinski definition) is 1. The van der Waals surface area contributed by atoms with E-state index in [1.165, 1.54) is 29.8 Å². The quantitative estimate of drug-likeness (QED) is 0.664. The first-order valence-corrected chi connectivity index (χ1v) is 12.7. The number of rotatable bonds is 6. The van der Waals surface area contributed by atoms with Crippen LogP contribution in [0.1, 0.15) is 60.9 Å². The summed E-state index contributed by atoms with van der Waals surface area (Å²) in [6.07, 6.45) is 9.34. The predicted molar refractivity (Wildman–Crippen MR) is 122 cm³/mol. The molecule has 2 aromatic carbocycles. The minimum atomic E-state index is -3.49. The Morgan fingerprint density at radius 1 is 1.03 bits per heavy atom. The van der Waals surface area contributed by atoms with Gasteiger partial charge in [-0.05, 0) is 48.7 Å². The zero-order chi connectivity index (χ0) is 21.6. The number of sulfonamides is 1. The van der Waals surface area contributed by atoms with Crippen molar-refractivity contribution < 1.29 is 13.2 Å². The Morgan fingerprint density at radius 3 is 2.27 bits per heavy atom. The molecule has 0 spiro atoms. The van der Waals surface area contributed by atoms with Gasteiger partial charge < -0.3 is 5.32 Å². The normalized spacial score (nSPS) is 15.8. The average molecular weight is 449 g/mol. The van der Waals surface area contributed by atoms with E-state index in [-0.39, 0.29) is 18.5 Å². The molecule has 0 heterocycles. The number of amides is 1. The number of carbonyl (C=O) groups excluding carboxylic acids is 1. The summed E-state index contributed by atoms with van der Waals surface area (Å²) < 4.78 is 25.9. The molecule has 0 saturated heterocycles. The summed E-state index contributed by atoms with van der Waals surface area (Å²) in [4.78, 5) is 12.6. The molecule has 1 aliphatic carbocycles. The number of anilines is 1. The molecule has 1 aliphatic rings. The van der Waals surface area contributed by atoms with E-state index in [1.54, 1.807) is 48.5 Å². The molecule has 0 bridgehead atoms. The third-order valence-corrected chi connectivity index (χ3v) is 6.85. The maximum absolute atomic E-state index is 12.6. The molecule has 30 heavy (non-hydrogen) atoms. The minimum absolute atomic E-state index is 0.0677. The number of carbonyl (C=O) groups is 1. The molecular formula is C23H29ClN2O3S. The molecule has 0 radical (unpaired) electrons. The monoisotopic (exact) mass is 448 g/mol. The maximum atomic E-state index is 12.6. The van der Waals surface area contributed by atoms with E-state index in [0.29, 0.717) is 16.3 Å². The number of benzene rings is 2. The molecular weight excluding hydrogens is 420 g/mol. The van der Waals surface area contributed by atoms with E-state index in [9.17, 15) is 13.2 Å². The Hall–Kier alpha value is -2.05. The van der Waals surface area contributed by atoms with Crippen LogP contribution in [0.15, 0.2) is 48.5 Å². The molecule has 2 aromatic rings. The summed E-state index contributed by atoms with van der Waals surface area (Å²) >= 11 is 6.03. The zero-order valence-corrected chi connectivity index (χ0v) is 18.9. The van der Waals surface area contributed by atoms with Crippen LogP contribution in [-0.4, -0.2) is 26.6 Å². The van der Waals surface area contributed by atoms with Crippen molar-refractivity contribution in [2.45, 2.75) is 57.5 Å². The summed E-state index contributed by atoms with van der Waals surface area (Å²) in [5.74, 6) is -0.0677. The van der Waals surface area contributed by atoms with E-state index in [0.717, 1.165) is 31.2 Å². The summed E-state index contributed by atoms with van der Waals surface area (Å²) in [6, 6.07) is 14.1. The van der Waals surface area contributed by atoms with Crippen molar-refractivity contribution in [3.63, 3.8) is 0 Å². The second-order valence-electron chi connectivity index (χ2n) is 7.96. The van der Waals surface area contributed by atoms with Gasteiger partial charge in [-0.25, -0.2) is 8.42 Å². The first-order chi connectivity index (χ1) is 14.3. The SMILES string of the molecule is CS(=O)(=O)N(Cc1ccc(C(=O)NC2CCCCCCC2)cc1)c1cccc(Cl)c1. The fourth-order valence-corrected chi connectivity index (χ4v) is 4.89. The molecule has 0 unspecified atom stereocenters. The Morgan fingerprint density at radius 2 is 1.67 bits per heavy atom. The highest BCUT2D eigenvalue weighted by Crippen LogP contribution is 2.24. The van der Waals surface area contributed by atoms with E-state index >= 15 is 0 Å². The summed E-state index contributed by atoms with van der Waals surface area (Å²) in [5.41, 5.74) is 1.90. The van der Waals surface area contributed by atoms with Crippen molar-refractivity contribution in [1.82, 2.24) is 5.32 Å². The molecule has 0 atom stereocenters. The Bertz CT molecular complexity index is 953. The van der Waals surface area contributed by atoms with Crippen LogP contribution in [0.25, 0.3) is 0 Å². The average Bonchev–Trinajstić information content (AvgIpc) is 2.67. The van der Waals surface area contributed by atoms with Crippen LogP contribution in [0.5, 0.6) is 0 Å². The van der Waals surface area contributed by atoms with Gasteiger partial charge in [0, 0.05) is 16.6 Å². The number of nitrogens with one attached hydrogen (secondary N) is 1. The van der Waals surface area contributed by atoms with Crippen LogP contribution in [-0.2, 0) is 16.6 Å². The van der Waals surface area contributed by atoms with Crippen LogP contribution in [0.3, 0.4) is 0 Å². The third kappa shape index (κ3) is 6.47. The molecule has 162 valence electrons. The molecule has 7 heteroatoms. The van der Waals surface area contributed by atoms with Gasteiger partial charge in [-0.2, -0.15) is 0 Å². The predicted octanol–water partition coefficient (Wildman–Crippen LogP) is 5.15. The summed E-state index contributed by atoms with van der Waals surface area (Å²) in [6.45, 7) is 0.170. The third-order valence-electron chi connectivity index (χ3n) is 5.48. The van der Waals surface area contributed by atoms with Crippen molar-refractivity contribution in [2.24, 2.45) is 0 Å². The molecule has 3 rings (SSSR count). The van der Waals surface area contributed by atoms with Crippen LogP contribution >= 0.6 is 11.6 Å². The van der Waals surface area contributed by atoms with E-state index in [1.807, 2.05) is 0 Å². The molecule has 1 N–H and O–H groups in total. The van der Waals surface area contributed by atoms with E-state index in [4.69, 9.17) is 11.6 Å². The standard InChI is InChI=1S/C23H29ClN2O3S/c1-30(28,29)26(22-11-7-8-20(24)16-22)17-18-12-14-19(15-13-18)23(27)25-21-9-5-3-2-4-6-10-21/h7-8,11-16,21H,2-6,9-10,17H2,1H3,(H,25,27). The minimum Gasteiger partial charge on any atom is -0.349 e. The van der Waals surface area contributed by atoms with Crippen LogP contribution in [0.4, 0.5) is 5.69 Å². The molecule has 5 nitrogen and oxygen atoms in total. The Balaban J connectivity index is 1.68. The van der Waals surface area contributed by atoms with Crippen molar-refractivity contribution in [2.75, 3.05) is 10.6 Å². The first-order valence-electron chi connectivity index (χ1n) is 10.5. The first kappa shape index (κ1) is 22.6. The highest BCUT2D eigenvalue weighted by Gasteiger charge is 2.19. The summed E-state index contributed by atoms with van der Waals surface area (Å²) in [7, 11) is -3.49. The fraction of sp³-hybridized carbons (Fsp3) is 0.435. The van der Waals surface area contributed by atoms with Crippen molar-refractivity contribution >= 4 is 33.2 Å². The molecule has 0 aromatic heterocycles. The van der Waals surface area contributed by atoms with Gasteiger partial charge in [0.15, 0.2) is 0 Å². The molecule has 1 amide bonds. The fourth-order valence-electron chi connectivity index (χ4n) is 3.83.